The number of hydrazone groups is 1. The highest BCUT2D eigenvalue weighted by molar-refractivity contribution is 6.30. The molecule has 2 aromatic carbocycles. The average molecular weight is 335 g/mol. The Kier molecular flexibility index (Phi) is 5.69. The molecule has 0 amide bonds. The van der Waals surface area contributed by atoms with Crippen LogP contribution in [0, 0.1) is 0 Å². The Balaban J connectivity index is 1.87. The highest BCUT2D eigenvalue weighted by Gasteiger charge is 1.99. The van der Waals surface area contributed by atoms with Gasteiger partial charge in [-0.2, -0.15) is 5.10 Å². The second-order valence-corrected chi connectivity index (χ2v) is 5.42. The van der Waals surface area contributed by atoms with Crippen LogP contribution in [0.15, 0.2) is 65.9 Å². The molecule has 0 unspecified atom stereocenters. The van der Waals surface area contributed by atoms with Crippen LogP contribution < -0.4 is 16.3 Å². The van der Waals surface area contributed by atoms with E-state index in [-0.39, 0.29) is 0 Å². The van der Waals surface area contributed by atoms with Gasteiger partial charge in [0.15, 0.2) is 0 Å². The third-order valence-corrected chi connectivity index (χ3v) is 3.34. The van der Waals surface area contributed by atoms with Crippen molar-refractivity contribution in [2.45, 2.75) is 6.92 Å². The van der Waals surface area contributed by atoms with Gasteiger partial charge in [-0.25, -0.2) is 0 Å². The molecule has 3 N–H and O–H groups in total. The summed E-state index contributed by atoms with van der Waals surface area (Å²) < 4.78 is 0. The molecule has 0 spiro atoms. The summed E-state index contributed by atoms with van der Waals surface area (Å²) in [5.74, 6) is 0. The van der Waals surface area contributed by atoms with Gasteiger partial charge >= 0.3 is 0 Å². The van der Waals surface area contributed by atoms with Crippen LogP contribution in [0.25, 0.3) is 0 Å². The van der Waals surface area contributed by atoms with E-state index in [1.165, 1.54) is 0 Å². The Morgan fingerprint density at radius 1 is 0.909 bits per heavy atom. The smallest absolute Gasteiger partial charge is 0.0818 e. The molecule has 0 heterocycles. The van der Waals surface area contributed by atoms with Gasteiger partial charge in [-0.3, -0.25) is 10.9 Å². The van der Waals surface area contributed by atoms with Crippen LogP contribution in [0.4, 0.5) is 11.4 Å². The minimum Gasteiger partial charge on any atom is -0.301 e. The van der Waals surface area contributed by atoms with Crippen molar-refractivity contribution >= 4 is 40.3 Å². The van der Waals surface area contributed by atoms with Crippen LogP contribution in [0.2, 0.25) is 10.0 Å². The average Bonchev–Trinajstić information content (AvgIpc) is 2.53. The molecule has 0 aliphatic rings. The third kappa shape index (κ3) is 4.98. The Hall–Kier alpha value is -2.17. The van der Waals surface area contributed by atoms with Gasteiger partial charge < -0.3 is 5.43 Å². The number of hydrazine groups is 1. The van der Waals surface area contributed by atoms with E-state index in [1.807, 2.05) is 31.2 Å². The molecule has 0 aromatic heterocycles. The quantitative estimate of drug-likeness (QED) is 0.519. The van der Waals surface area contributed by atoms with Gasteiger partial charge in [0.05, 0.1) is 22.8 Å². The van der Waals surface area contributed by atoms with E-state index in [0.717, 1.165) is 17.1 Å². The molecule has 2 aromatic rings. The van der Waals surface area contributed by atoms with Crippen LogP contribution >= 0.6 is 23.2 Å². The minimum absolute atomic E-state index is 0.649. The van der Waals surface area contributed by atoms with E-state index in [9.17, 15) is 0 Å². The SMILES string of the molecule is C=C(NNc1ccc(Cl)cc1)/C(C)=N/Nc1ccc(Cl)cc1. The molecule has 0 fully saturated rings. The van der Waals surface area contributed by atoms with Gasteiger partial charge in [0, 0.05) is 10.0 Å². The lowest BCUT2D eigenvalue weighted by molar-refractivity contribution is 1.01. The van der Waals surface area contributed by atoms with E-state index in [0.29, 0.717) is 15.7 Å². The van der Waals surface area contributed by atoms with E-state index in [2.05, 4.69) is 28.0 Å². The number of nitrogens with one attached hydrogen (secondary N) is 3. The van der Waals surface area contributed by atoms with Crippen LogP contribution in [-0.2, 0) is 0 Å². The zero-order valence-electron chi connectivity index (χ0n) is 12.0. The topological polar surface area (TPSA) is 48.5 Å². The maximum absolute atomic E-state index is 5.83. The molecule has 0 radical (unpaired) electrons. The van der Waals surface area contributed by atoms with E-state index in [4.69, 9.17) is 23.2 Å². The highest BCUT2D eigenvalue weighted by Crippen LogP contribution is 2.14. The lowest BCUT2D eigenvalue weighted by Gasteiger charge is -2.12. The monoisotopic (exact) mass is 334 g/mol. The molecule has 2 rings (SSSR count). The van der Waals surface area contributed by atoms with Crippen molar-refractivity contribution < 1.29 is 0 Å². The summed E-state index contributed by atoms with van der Waals surface area (Å²) in [6.45, 7) is 5.77. The first kappa shape index (κ1) is 16.2. The Morgan fingerprint density at radius 3 is 1.95 bits per heavy atom. The van der Waals surface area contributed by atoms with Crippen LogP contribution in [0.5, 0.6) is 0 Å². The number of nitrogens with zero attached hydrogens (tertiary/aromatic N) is 1. The molecular weight excluding hydrogens is 319 g/mol. The molecule has 0 bridgehead atoms. The second-order valence-electron chi connectivity index (χ2n) is 4.55. The number of benzene rings is 2. The van der Waals surface area contributed by atoms with Gasteiger partial charge in [-0.15, -0.1) is 0 Å². The van der Waals surface area contributed by atoms with Gasteiger partial charge in [-0.05, 0) is 55.5 Å². The Bertz CT molecular complexity index is 664. The fraction of sp³-hybridized carbons (Fsp3) is 0.0625. The molecule has 0 aliphatic carbocycles. The Morgan fingerprint density at radius 2 is 1.41 bits per heavy atom. The van der Waals surface area contributed by atoms with Crippen LogP contribution in [-0.4, -0.2) is 5.71 Å². The van der Waals surface area contributed by atoms with Crippen molar-refractivity contribution in [3.8, 4) is 0 Å². The van der Waals surface area contributed by atoms with E-state index < -0.39 is 0 Å². The summed E-state index contributed by atoms with van der Waals surface area (Å²) in [6.07, 6.45) is 0. The van der Waals surface area contributed by atoms with Crippen LogP contribution in [0.1, 0.15) is 6.92 Å². The summed E-state index contributed by atoms with van der Waals surface area (Å²) in [6, 6.07) is 14.6. The van der Waals surface area contributed by atoms with Crippen molar-refractivity contribution in [2.24, 2.45) is 5.10 Å². The van der Waals surface area contributed by atoms with Crippen molar-refractivity contribution in [2.75, 3.05) is 10.9 Å². The molecule has 0 aliphatic heterocycles. The zero-order chi connectivity index (χ0) is 15.9. The first-order valence-electron chi connectivity index (χ1n) is 6.57. The summed E-state index contributed by atoms with van der Waals surface area (Å²) >= 11 is 11.7. The first-order chi connectivity index (χ1) is 10.5. The predicted octanol–water partition coefficient (Wildman–Crippen LogP) is 4.91. The highest BCUT2D eigenvalue weighted by atomic mass is 35.5. The summed E-state index contributed by atoms with van der Waals surface area (Å²) in [5, 5.41) is 5.62. The normalized spacial score (nSPS) is 11.0. The summed E-state index contributed by atoms with van der Waals surface area (Å²) in [7, 11) is 0. The first-order valence-corrected chi connectivity index (χ1v) is 7.33. The third-order valence-electron chi connectivity index (χ3n) is 2.84. The number of allylic oxidation sites excluding steroid dienone is 1. The van der Waals surface area contributed by atoms with E-state index in [1.54, 1.807) is 24.3 Å². The lowest BCUT2D eigenvalue weighted by atomic mass is 10.3. The summed E-state index contributed by atoms with van der Waals surface area (Å²) in [4.78, 5) is 0. The number of hydrogen-bond donors (Lipinski definition) is 3. The standard InChI is InChI=1S/C16H16Cl2N4/c1-11(19-21-15-7-3-13(17)4-8-15)12(2)20-22-16-9-5-14(18)6-10-16/h3-10,19,21-22H,1H2,2H3/b20-12+. The molecule has 114 valence electrons. The fourth-order valence-electron chi connectivity index (χ4n) is 1.51. The minimum atomic E-state index is 0.649. The Labute approximate surface area is 139 Å². The number of rotatable bonds is 6. The maximum Gasteiger partial charge on any atom is 0.0818 e. The lowest BCUT2D eigenvalue weighted by Crippen LogP contribution is -2.24. The van der Waals surface area contributed by atoms with Gasteiger partial charge in [0.25, 0.3) is 0 Å². The fourth-order valence-corrected chi connectivity index (χ4v) is 1.76. The van der Waals surface area contributed by atoms with Gasteiger partial charge in [-0.1, -0.05) is 29.8 Å². The van der Waals surface area contributed by atoms with E-state index >= 15 is 0 Å². The second kappa shape index (κ2) is 7.73. The predicted molar refractivity (Wildman–Crippen MR) is 95.5 cm³/mol. The molecule has 4 nitrogen and oxygen atoms in total. The molecule has 6 heteroatoms. The maximum atomic E-state index is 5.83. The molecular formula is C16H16Cl2N4. The number of hydrogen-bond acceptors (Lipinski definition) is 4. The van der Waals surface area contributed by atoms with Crippen molar-refractivity contribution in [1.82, 2.24) is 5.43 Å². The van der Waals surface area contributed by atoms with Gasteiger partial charge in [0.2, 0.25) is 0 Å². The number of halogens is 2. The zero-order valence-corrected chi connectivity index (χ0v) is 13.5. The van der Waals surface area contributed by atoms with Crippen molar-refractivity contribution in [3.63, 3.8) is 0 Å². The molecule has 0 saturated carbocycles. The van der Waals surface area contributed by atoms with Gasteiger partial charge in [0.1, 0.15) is 0 Å². The van der Waals surface area contributed by atoms with Crippen LogP contribution in [0.3, 0.4) is 0 Å². The molecule has 0 saturated heterocycles. The van der Waals surface area contributed by atoms with Crippen molar-refractivity contribution in [3.05, 3.63) is 70.9 Å². The largest absolute Gasteiger partial charge is 0.301 e. The molecule has 0 atom stereocenters. The summed E-state index contributed by atoms with van der Waals surface area (Å²) in [5.41, 5.74) is 12.0. The molecule has 22 heavy (non-hydrogen) atoms. The number of anilines is 2. The van der Waals surface area contributed by atoms with Crippen molar-refractivity contribution in [1.29, 1.82) is 0 Å².